The number of carbonyl (C=O) groups excluding carboxylic acids is 1. The van der Waals surface area contributed by atoms with Gasteiger partial charge in [0.05, 0.1) is 0 Å². The van der Waals surface area contributed by atoms with Gasteiger partial charge in [0.1, 0.15) is 6.29 Å². The molecule has 0 bridgehead atoms. The molecule has 0 aromatic carbocycles. The van der Waals surface area contributed by atoms with Crippen LogP contribution in [0.25, 0.3) is 0 Å². The van der Waals surface area contributed by atoms with Crippen LogP contribution in [0.3, 0.4) is 0 Å². The molecule has 0 saturated heterocycles. The van der Waals surface area contributed by atoms with Crippen LogP contribution in [0.15, 0.2) is 0 Å². The van der Waals surface area contributed by atoms with Crippen LogP contribution in [0, 0.1) is 11.8 Å². The summed E-state index contributed by atoms with van der Waals surface area (Å²) in [6.45, 7) is 0.623. The first-order valence-corrected chi connectivity index (χ1v) is 6.01. The Morgan fingerprint density at radius 2 is 1.88 bits per heavy atom. The molecule has 0 aliphatic heterocycles. The Bertz CT molecular complexity index is 234. The Morgan fingerprint density at radius 1 is 1.31 bits per heavy atom. The van der Waals surface area contributed by atoms with Crippen molar-refractivity contribution in [2.75, 3.05) is 13.6 Å². The van der Waals surface area contributed by atoms with Crippen molar-refractivity contribution in [3.8, 4) is 0 Å². The van der Waals surface area contributed by atoms with Crippen molar-refractivity contribution in [2.24, 2.45) is 11.8 Å². The second-order valence-electron chi connectivity index (χ2n) is 4.78. The van der Waals surface area contributed by atoms with Gasteiger partial charge < -0.3 is 14.8 Å². The number of rotatable bonds is 5. The monoisotopic (exact) mass is 227 g/mol. The zero-order valence-electron chi connectivity index (χ0n) is 9.89. The molecule has 1 saturated carbocycles. The van der Waals surface area contributed by atoms with E-state index < -0.39 is 6.09 Å². The molecule has 1 fully saturated rings. The summed E-state index contributed by atoms with van der Waals surface area (Å²) in [6.07, 6.45) is 6.36. The number of carbonyl (C=O) groups is 2. The summed E-state index contributed by atoms with van der Waals surface area (Å²) in [7, 11) is 1.61. The van der Waals surface area contributed by atoms with Gasteiger partial charge >= 0.3 is 6.09 Å². The number of aldehydes is 1. The quantitative estimate of drug-likeness (QED) is 0.734. The molecule has 1 N–H and O–H groups in total. The van der Waals surface area contributed by atoms with Crippen molar-refractivity contribution in [1.82, 2.24) is 4.90 Å². The number of nitrogens with zero attached hydrogens (tertiary/aromatic N) is 1. The summed E-state index contributed by atoms with van der Waals surface area (Å²) in [5.74, 6) is 1.22. The fourth-order valence-corrected chi connectivity index (χ4v) is 2.36. The third-order valence-corrected chi connectivity index (χ3v) is 3.60. The van der Waals surface area contributed by atoms with Crippen molar-refractivity contribution in [3.05, 3.63) is 0 Å². The molecule has 4 nitrogen and oxygen atoms in total. The third-order valence-electron chi connectivity index (χ3n) is 3.60. The molecule has 0 spiro atoms. The smallest absolute Gasteiger partial charge is 0.407 e. The van der Waals surface area contributed by atoms with Gasteiger partial charge in [0.25, 0.3) is 0 Å². The van der Waals surface area contributed by atoms with E-state index in [9.17, 15) is 9.59 Å². The Kier molecular flexibility index (Phi) is 5.29. The molecule has 1 aliphatic carbocycles. The lowest BCUT2D eigenvalue weighted by Gasteiger charge is -2.28. The normalized spacial score (nSPS) is 25.1. The number of carboxylic acid groups (broad SMARTS) is 1. The first kappa shape index (κ1) is 13.0. The van der Waals surface area contributed by atoms with Gasteiger partial charge in [0.15, 0.2) is 0 Å². The third kappa shape index (κ3) is 4.21. The van der Waals surface area contributed by atoms with Gasteiger partial charge in [-0.2, -0.15) is 0 Å². The van der Waals surface area contributed by atoms with E-state index in [1.165, 1.54) is 4.90 Å². The van der Waals surface area contributed by atoms with Gasteiger partial charge in [-0.1, -0.05) is 12.8 Å². The van der Waals surface area contributed by atoms with Crippen LogP contribution in [-0.4, -0.2) is 36.0 Å². The van der Waals surface area contributed by atoms with Crippen LogP contribution in [0.2, 0.25) is 0 Å². The fourth-order valence-electron chi connectivity index (χ4n) is 2.36. The van der Waals surface area contributed by atoms with E-state index in [1.54, 1.807) is 7.05 Å². The molecule has 4 heteroatoms. The molecule has 1 amide bonds. The minimum Gasteiger partial charge on any atom is -0.465 e. The average Bonchev–Trinajstić information content (AvgIpc) is 2.28. The molecular weight excluding hydrogens is 206 g/mol. The predicted molar refractivity (Wildman–Crippen MR) is 61.4 cm³/mol. The fraction of sp³-hybridized carbons (Fsp3) is 0.833. The summed E-state index contributed by atoms with van der Waals surface area (Å²) in [4.78, 5) is 22.3. The SMILES string of the molecule is CN(CCC1CCC(CC=O)CC1)C(=O)O. The molecule has 0 aromatic rings. The minimum absolute atomic E-state index is 0.575. The second kappa shape index (κ2) is 6.51. The zero-order valence-corrected chi connectivity index (χ0v) is 9.89. The Balaban J connectivity index is 2.17. The maximum absolute atomic E-state index is 10.6. The van der Waals surface area contributed by atoms with Crippen molar-refractivity contribution in [1.29, 1.82) is 0 Å². The van der Waals surface area contributed by atoms with Gasteiger partial charge in [-0.05, 0) is 31.1 Å². The Hall–Kier alpha value is -1.06. The summed E-state index contributed by atoms with van der Waals surface area (Å²) >= 11 is 0. The second-order valence-corrected chi connectivity index (χ2v) is 4.78. The molecular formula is C12H21NO3. The molecule has 1 rings (SSSR count). The van der Waals surface area contributed by atoms with Gasteiger partial charge in [0, 0.05) is 20.0 Å². The first-order valence-electron chi connectivity index (χ1n) is 6.01. The van der Waals surface area contributed by atoms with E-state index in [-0.39, 0.29) is 0 Å². The van der Waals surface area contributed by atoms with Gasteiger partial charge in [-0.15, -0.1) is 0 Å². The van der Waals surface area contributed by atoms with E-state index >= 15 is 0 Å². The average molecular weight is 227 g/mol. The van der Waals surface area contributed by atoms with E-state index in [4.69, 9.17) is 5.11 Å². The summed E-state index contributed by atoms with van der Waals surface area (Å²) in [5, 5.41) is 8.71. The summed E-state index contributed by atoms with van der Waals surface area (Å²) < 4.78 is 0. The van der Waals surface area contributed by atoms with Crippen LogP contribution >= 0.6 is 0 Å². The zero-order chi connectivity index (χ0) is 12.0. The van der Waals surface area contributed by atoms with Gasteiger partial charge in [-0.3, -0.25) is 0 Å². The molecule has 92 valence electrons. The van der Waals surface area contributed by atoms with Crippen molar-refractivity contribution in [3.63, 3.8) is 0 Å². The lowest BCUT2D eigenvalue weighted by atomic mass is 9.79. The molecule has 0 radical (unpaired) electrons. The molecule has 0 heterocycles. The van der Waals surface area contributed by atoms with E-state index in [1.807, 2.05) is 0 Å². The highest BCUT2D eigenvalue weighted by atomic mass is 16.4. The predicted octanol–water partition coefficient (Wildman–Crippen LogP) is 2.38. The van der Waals surface area contributed by atoms with Gasteiger partial charge in [0.2, 0.25) is 0 Å². The maximum Gasteiger partial charge on any atom is 0.407 e. The van der Waals surface area contributed by atoms with Crippen molar-refractivity contribution < 1.29 is 14.7 Å². The number of hydrogen-bond acceptors (Lipinski definition) is 2. The molecule has 0 aromatic heterocycles. The largest absolute Gasteiger partial charge is 0.465 e. The van der Waals surface area contributed by atoms with Crippen LogP contribution in [0.5, 0.6) is 0 Å². The van der Waals surface area contributed by atoms with E-state index in [0.717, 1.165) is 38.4 Å². The van der Waals surface area contributed by atoms with Crippen LogP contribution in [0.1, 0.15) is 38.5 Å². The van der Waals surface area contributed by atoms with Crippen LogP contribution in [-0.2, 0) is 4.79 Å². The van der Waals surface area contributed by atoms with Crippen molar-refractivity contribution in [2.45, 2.75) is 38.5 Å². The highest BCUT2D eigenvalue weighted by Crippen LogP contribution is 2.32. The molecule has 1 aliphatic rings. The lowest BCUT2D eigenvalue weighted by Crippen LogP contribution is -2.28. The molecule has 16 heavy (non-hydrogen) atoms. The lowest BCUT2D eigenvalue weighted by molar-refractivity contribution is -0.108. The van der Waals surface area contributed by atoms with Crippen LogP contribution < -0.4 is 0 Å². The van der Waals surface area contributed by atoms with E-state index in [2.05, 4.69) is 0 Å². The summed E-state index contributed by atoms with van der Waals surface area (Å²) in [6, 6.07) is 0. The topological polar surface area (TPSA) is 57.6 Å². The molecule has 0 unspecified atom stereocenters. The van der Waals surface area contributed by atoms with Crippen molar-refractivity contribution >= 4 is 12.4 Å². The number of amides is 1. The minimum atomic E-state index is -0.852. The highest BCUT2D eigenvalue weighted by molar-refractivity contribution is 5.64. The summed E-state index contributed by atoms with van der Waals surface area (Å²) in [5.41, 5.74) is 0. The first-order chi connectivity index (χ1) is 7.63. The standard InChI is InChI=1S/C12H21NO3/c1-13(12(15)16)8-6-10-2-4-11(5-3-10)7-9-14/h9-11H,2-8H2,1H3,(H,15,16). The molecule has 0 atom stereocenters. The van der Waals surface area contributed by atoms with Crippen LogP contribution in [0.4, 0.5) is 4.79 Å². The van der Waals surface area contributed by atoms with E-state index in [0.29, 0.717) is 24.8 Å². The number of hydrogen-bond donors (Lipinski definition) is 1. The maximum atomic E-state index is 10.6. The Morgan fingerprint density at radius 3 is 2.38 bits per heavy atom. The Labute approximate surface area is 96.6 Å². The highest BCUT2D eigenvalue weighted by Gasteiger charge is 2.21. The van der Waals surface area contributed by atoms with Gasteiger partial charge in [-0.25, -0.2) is 4.79 Å².